The van der Waals surface area contributed by atoms with Crippen LogP contribution in [0.3, 0.4) is 0 Å². The Hall–Kier alpha value is -1.64. The Morgan fingerprint density at radius 3 is 2.47 bits per heavy atom. The highest BCUT2D eigenvalue weighted by Crippen LogP contribution is 2.03. The fourth-order valence-electron chi connectivity index (χ4n) is 1.48. The molecule has 0 aliphatic heterocycles. The Morgan fingerprint density at radius 1 is 1.29 bits per heavy atom. The topological polar surface area (TPSA) is 46.2 Å². The van der Waals surface area contributed by atoms with E-state index in [1.807, 2.05) is 50.5 Å². The van der Waals surface area contributed by atoms with Gasteiger partial charge >= 0.3 is 0 Å². The molecular formula is C14H18NO2. The van der Waals surface area contributed by atoms with Gasteiger partial charge in [-0.15, -0.1) is 0 Å². The smallest absolute Gasteiger partial charge is 0.223 e. The van der Waals surface area contributed by atoms with E-state index in [-0.39, 0.29) is 11.8 Å². The standard InChI is InChI=1S/C14H18NO2/c1-11(2)13(10-16)15-14(17)9-8-12-6-4-3-5-7-12/h3-7,11,13H,8-9H2,1-2H3,(H,15,17). The summed E-state index contributed by atoms with van der Waals surface area (Å²) in [7, 11) is 0. The number of benzene rings is 1. The van der Waals surface area contributed by atoms with Gasteiger partial charge < -0.3 is 5.32 Å². The fraction of sp³-hybridized carbons (Fsp3) is 0.429. The van der Waals surface area contributed by atoms with Gasteiger partial charge in [-0.2, -0.15) is 0 Å². The van der Waals surface area contributed by atoms with Crippen LogP contribution in [0, 0.1) is 5.92 Å². The van der Waals surface area contributed by atoms with Gasteiger partial charge in [0.25, 0.3) is 0 Å². The van der Waals surface area contributed by atoms with Crippen LogP contribution < -0.4 is 5.32 Å². The number of carbonyl (C=O) groups excluding carboxylic acids is 2. The maximum Gasteiger partial charge on any atom is 0.223 e. The third kappa shape index (κ3) is 4.81. The van der Waals surface area contributed by atoms with Gasteiger partial charge in [0, 0.05) is 6.42 Å². The molecule has 1 unspecified atom stereocenters. The molecule has 0 fully saturated rings. The summed E-state index contributed by atoms with van der Waals surface area (Å²) in [6, 6.07) is 9.31. The Balaban J connectivity index is 2.37. The van der Waals surface area contributed by atoms with Gasteiger partial charge in [-0.25, -0.2) is 0 Å². The van der Waals surface area contributed by atoms with Gasteiger partial charge in [-0.05, 0) is 17.9 Å². The van der Waals surface area contributed by atoms with Crippen molar-refractivity contribution in [3.63, 3.8) is 0 Å². The van der Waals surface area contributed by atoms with E-state index in [0.717, 1.165) is 5.56 Å². The van der Waals surface area contributed by atoms with Gasteiger partial charge in [0.1, 0.15) is 0 Å². The molecule has 1 atom stereocenters. The van der Waals surface area contributed by atoms with Crippen molar-refractivity contribution < 1.29 is 9.59 Å². The summed E-state index contributed by atoms with van der Waals surface area (Å²) >= 11 is 0. The average Bonchev–Trinajstić information content (AvgIpc) is 2.34. The molecule has 0 bridgehead atoms. The zero-order valence-corrected chi connectivity index (χ0v) is 10.3. The molecule has 3 nitrogen and oxygen atoms in total. The molecule has 1 aromatic carbocycles. The first kappa shape index (κ1) is 13.4. The number of nitrogens with one attached hydrogen (secondary N) is 1. The molecule has 91 valence electrons. The molecule has 3 heteroatoms. The van der Waals surface area contributed by atoms with Crippen LogP contribution in [0.15, 0.2) is 30.3 Å². The predicted molar refractivity (Wildman–Crippen MR) is 67.2 cm³/mol. The van der Waals surface area contributed by atoms with Crippen molar-refractivity contribution in [1.29, 1.82) is 0 Å². The van der Waals surface area contributed by atoms with Crippen LogP contribution in [0.1, 0.15) is 25.8 Å². The van der Waals surface area contributed by atoms with Gasteiger partial charge in [0.05, 0.1) is 6.04 Å². The predicted octanol–water partition coefficient (Wildman–Crippen LogP) is 1.87. The number of rotatable bonds is 6. The Kier molecular flexibility index (Phi) is 5.40. The third-order valence-electron chi connectivity index (χ3n) is 2.59. The van der Waals surface area contributed by atoms with Crippen molar-refractivity contribution in [2.75, 3.05) is 0 Å². The summed E-state index contributed by atoms with van der Waals surface area (Å²) in [5, 5.41) is 2.67. The molecule has 1 amide bonds. The van der Waals surface area contributed by atoms with E-state index in [0.29, 0.717) is 12.8 Å². The van der Waals surface area contributed by atoms with E-state index in [1.165, 1.54) is 0 Å². The van der Waals surface area contributed by atoms with Crippen molar-refractivity contribution in [3.05, 3.63) is 35.9 Å². The largest absolute Gasteiger partial charge is 0.346 e. The first-order valence-corrected chi connectivity index (χ1v) is 5.84. The van der Waals surface area contributed by atoms with Crippen LogP contribution in [0.4, 0.5) is 0 Å². The highest BCUT2D eigenvalue weighted by atomic mass is 16.2. The van der Waals surface area contributed by atoms with Crippen LogP contribution in [-0.4, -0.2) is 18.2 Å². The van der Waals surface area contributed by atoms with Crippen molar-refractivity contribution in [2.45, 2.75) is 32.7 Å². The zero-order chi connectivity index (χ0) is 12.7. The van der Waals surface area contributed by atoms with Crippen LogP contribution in [0.2, 0.25) is 0 Å². The summed E-state index contributed by atoms with van der Waals surface area (Å²) in [5.74, 6) is -0.0240. The van der Waals surface area contributed by atoms with Gasteiger partial charge in [-0.3, -0.25) is 9.59 Å². The number of hydrogen-bond acceptors (Lipinski definition) is 2. The minimum atomic E-state index is -0.502. The minimum Gasteiger partial charge on any atom is -0.346 e. The molecule has 0 aliphatic rings. The monoisotopic (exact) mass is 232 g/mol. The highest BCUT2D eigenvalue weighted by molar-refractivity contribution is 5.80. The second-order valence-corrected chi connectivity index (χ2v) is 4.39. The molecule has 1 radical (unpaired) electrons. The quantitative estimate of drug-likeness (QED) is 0.814. The zero-order valence-electron chi connectivity index (χ0n) is 10.3. The molecule has 0 aliphatic carbocycles. The Bertz CT molecular complexity index is 360. The lowest BCUT2D eigenvalue weighted by Gasteiger charge is -2.15. The van der Waals surface area contributed by atoms with Gasteiger partial charge in [0.2, 0.25) is 12.2 Å². The Labute approximate surface area is 102 Å². The first-order chi connectivity index (χ1) is 8.13. The van der Waals surface area contributed by atoms with E-state index in [4.69, 9.17) is 0 Å². The van der Waals surface area contributed by atoms with E-state index >= 15 is 0 Å². The number of aryl methyl sites for hydroxylation is 1. The average molecular weight is 232 g/mol. The summed E-state index contributed by atoms with van der Waals surface area (Å²) in [6.07, 6.45) is 2.94. The maximum atomic E-state index is 11.6. The van der Waals surface area contributed by atoms with E-state index < -0.39 is 6.04 Å². The van der Waals surface area contributed by atoms with Gasteiger partial charge in [-0.1, -0.05) is 44.2 Å². The summed E-state index contributed by atoms with van der Waals surface area (Å²) in [4.78, 5) is 22.2. The minimum absolute atomic E-state index is 0.0770. The summed E-state index contributed by atoms with van der Waals surface area (Å²) < 4.78 is 0. The SMILES string of the molecule is CC(C)C([C]=O)NC(=O)CCc1ccccc1. The lowest BCUT2D eigenvalue weighted by atomic mass is 10.1. The van der Waals surface area contributed by atoms with E-state index in [1.54, 1.807) is 0 Å². The molecule has 0 aromatic heterocycles. The summed E-state index contributed by atoms with van der Waals surface area (Å²) in [6.45, 7) is 3.76. The lowest BCUT2D eigenvalue weighted by Crippen LogP contribution is -2.39. The van der Waals surface area contributed by atoms with Crippen molar-refractivity contribution in [3.8, 4) is 0 Å². The van der Waals surface area contributed by atoms with Crippen molar-refractivity contribution >= 4 is 12.2 Å². The highest BCUT2D eigenvalue weighted by Gasteiger charge is 2.15. The summed E-state index contributed by atoms with van der Waals surface area (Å²) in [5.41, 5.74) is 1.12. The molecule has 1 rings (SSSR count). The molecule has 0 heterocycles. The second kappa shape index (κ2) is 6.84. The second-order valence-electron chi connectivity index (χ2n) is 4.39. The molecule has 1 aromatic rings. The number of hydrogen-bond donors (Lipinski definition) is 1. The molecule has 0 saturated heterocycles. The van der Waals surface area contributed by atoms with Crippen LogP contribution in [0.5, 0.6) is 0 Å². The number of carbonyl (C=O) groups is 1. The molecule has 0 spiro atoms. The Morgan fingerprint density at radius 2 is 1.94 bits per heavy atom. The molecule has 0 saturated carbocycles. The molecular weight excluding hydrogens is 214 g/mol. The van der Waals surface area contributed by atoms with Crippen LogP contribution >= 0.6 is 0 Å². The number of amides is 1. The van der Waals surface area contributed by atoms with E-state index in [9.17, 15) is 9.59 Å². The maximum absolute atomic E-state index is 11.6. The molecule has 17 heavy (non-hydrogen) atoms. The van der Waals surface area contributed by atoms with Crippen molar-refractivity contribution in [2.24, 2.45) is 5.92 Å². The lowest BCUT2D eigenvalue weighted by molar-refractivity contribution is -0.121. The molecule has 1 N–H and O–H groups in total. The van der Waals surface area contributed by atoms with Crippen LogP contribution in [0.25, 0.3) is 0 Å². The van der Waals surface area contributed by atoms with Crippen LogP contribution in [-0.2, 0) is 16.0 Å². The first-order valence-electron chi connectivity index (χ1n) is 5.84. The van der Waals surface area contributed by atoms with Gasteiger partial charge in [0.15, 0.2) is 0 Å². The van der Waals surface area contributed by atoms with E-state index in [2.05, 4.69) is 5.32 Å². The fourth-order valence-corrected chi connectivity index (χ4v) is 1.48. The third-order valence-corrected chi connectivity index (χ3v) is 2.59. The van der Waals surface area contributed by atoms with Crippen molar-refractivity contribution in [1.82, 2.24) is 5.32 Å². The normalized spacial score (nSPS) is 12.2.